The Bertz CT molecular complexity index is 1490. The third-order valence-corrected chi connectivity index (χ3v) is 7.53. The largest absolute Gasteiger partial charge is 0.354 e. The highest BCUT2D eigenvalue weighted by molar-refractivity contribution is 7.50. The number of benzene rings is 2. The number of halogens is 4. The summed E-state index contributed by atoms with van der Waals surface area (Å²) in [6, 6.07) is 17.1. The van der Waals surface area contributed by atoms with Crippen LogP contribution in [0.5, 0.6) is 0 Å². The SMILES string of the molecule is O=C(C(Cl)Cl)N(CCCc1ccc(CP(=O)(O)O)cc1)c1ccnc(-c2cc(-c3c(Cl)cccc3Cl)no2)c1. The van der Waals surface area contributed by atoms with Gasteiger partial charge in [0.05, 0.1) is 16.2 Å². The number of rotatable bonds is 10. The molecule has 0 radical (unpaired) electrons. The molecule has 2 aromatic carbocycles. The van der Waals surface area contributed by atoms with Crippen LogP contribution in [0.3, 0.4) is 0 Å². The van der Waals surface area contributed by atoms with E-state index < -0.39 is 18.3 Å². The number of carbonyl (C=O) groups is 1. The smallest absolute Gasteiger partial charge is 0.329 e. The van der Waals surface area contributed by atoms with Crippen LogP contribution in [-0.2, 0) is 21.9 Å². The minimum atomic E-state index is -4.13. The van der Waals surface area contributed by atoms with E-state index in [1.807, 2.05) is 0 Å². The van der Waals surface area contributed by atoms with Gasteiger partial charge in [-0.3, -0.25) is 14.3 Å². The highest BCUT2D eigenvalue weighted by atomic mass is 35.5. The molecule has 13 heteroatoms. The van der Waals surface area contributed by atoms with Gasteiger partial charge in [0.1, 0.15) is 11.4 Å². The van der Waals surface area contributed by atoms with Gasteiger partial charge in [-0.15, -0.1) is 0 Å². The van der Waals surface area contributed by atoms with Crippen molar-refractivity contribution in [1.82, 2.24) is 10.1 Å². The van der Waals surface area contributed by atoms with Gasteiger partial charge in [0.2, 0.25) is 0 Å². The Balaban J connectivity index is 1.51. The summed E-state index contributed by atoms with van der Waals surface area (Å²) < 4.78 is 16.7. The zero-order valence-electron chi connectivity index (χ0n) is 20.2. The van der Waals surface area contributed by atoms with Gasteiger partial charge in [0.15, 0.2) is 10.6 Å². The van der Waals surface area contributed by atoms with Crippen molar-refractivity contribution in [2.24, 2.45) is 0 Å². The number of hydrogen-bond acceptors (Lipinski definition) is 5. The van der Waals surface area contributed by atoms with Crippen LogP contribution in [0.2, 0.25) is 10.0 Å². The van der Waals surface area contributed by atoms with Crippen molar-refractivity contribution in [2.45, 2.75) is 23.8 Å². The van der Waals surface area contributed by atoms with E-state index in [9.17, 15) is 9.36 Å². The van der Waals surface area contributed by atoms with Crippen molar-refractivity contribution in [1.29, 1.82) is 0 Å². The number of aromatic nitrogens is 2. The number of hydrogen-bond donors (Lipinski definition) is 2. The molecule has 0 spiro atoms. The minimum Gasteiger partial charge on any atom is -0.354 e. The van der Waals surface area contributed by atoms with Crippen LogP contribution >= 0.6 is 54.0 Å². The van der Waals surface area contributed by atoms with Gasteiger partial charge in [-0.25, -0.2) is 0 Å². The molecule has 39 heavy (non-hydrogen) atoms. The van der Waals surface area contributed by atoms with E-state index in [0.29, 0.717) is 63.4 Å². The average molecular weight is 629 g/mol. The first-order chi connectivity index (χ1) is 18.5. The number of amides is 1. The Morgan fingerprint density at radius 2 is 1.64 bits per heavy atom. The van der Waals surface area contributed by atoms with Gasteiger partial charge in [-0.2, -0.15) is 0 Å². The van der Waals surface area contributed by atoms with Crippen molar-refractivity contribution in [3.8, 4) is 22.7 Å². The summed E-state index contributed by atoms with van der Waals surface area (Å²) in [5.41, 5.74) is 3.41. The molecule has 0 atom stereocenters. The Morgan fingerprint density at radius 3 is 2.28 bits per heavy atom. The monoisotopic (exact) mass is 627 g/mol. The molecule has 0 bridgehead atoms. The molecular formula is C26H22Cl4N3O5P. The summed E-state index contributed by atoms with van der Waals surface area (Å²) in [6.07, 6.45) is 2.40. The first kappa shape index (κ1) is 29.6. The lowest BCUT2D eigenvalue weighted by Crippen LogP contribution is -2.36. The molecule has 0 aliphatic carbocycles. The molecular weight excluding hydrogens is 607 g/mol. The van der Waals surface area contributed by atoms with Crippen LogP contribution in [-0.4, -0.2) is 37.2 Å². The molecule has 8 nitrogen and oxygen atoms in total. The Kier molecular flexibility index (Phi) is 9.73. The third kappa shape index (κ3) is 7.83. The molecule has 1 amide bonds. The van der Waals surface area contributed by atoms with E-state index in [2.05, 4.69) is 10.1 Å². The van der Waals surface area contributed by atoms with Crippen LogP contribution in [0, 0.1) is 0 Å². The van der Waals surface area contributed by atoms with Crippen molar-refractivity contribution < 1.29 is 23.7 Å². The predicted molar refractivity (Wildman–Crippen MR) is 154 cm³/mol. The van der Waals surface area contributed by atoms with Crippen LogP contribution in [0.15, 0.2) is 71.4 Å². The average Bonchev–Trinajstić information content (AvgIpc) is 3.36. The number of anilines is 1. The molecule has 4 rings (SSSR count). The van der Waals surface area contributed by atoms with Gasteiger partial charge >= 0.3 is 7.60 Å². The lowest BCUT2D eigenvalue weighted by Gasteiger charge is -2.23. The quantitative estimate of drug-likeness (QED) is 0.141. The zero-order chi connectivity index (χ0) is 28.2. The fourth-order valence-corrected chi connectivity index (χ4v) is 5.47. The predicted octanol–water partition coefficient (Wildman–Crippen LogP) is 7.16. The second-order valence-electron chi connectivity index (χ2n) is 8.61. The van der Waals surface area contributed by atoms with Gasteiger partial charge in [0.25, 0.3) is 5.91 Å². The number of aryl methyl sites for hydroxylation is 1. The molecule has 0 aliphatic heterocycles. The van der Waals surface area contributed by atoms with E-state index in [1.165, 1.54) is 11.1 Å². The van der Waals surface area contributed by atoms with Crippen LogP contribution in [0.25, 0.3) is 22.7 Å². The zero-order valence-corrected chi connectivity index (χ0v) is 24.1. The van der Waals surface area contributed by atoms with Crippen molar-refractivity contribution >= 4 is 65.6 Å². The molecule has 204 valence electrons. The maximum Gasteiger partial charge on any atom is 0.329 e. The van der Waals surface area contributed by atoms with Crippen LogP contribution in [0.1, 0.15) is 17.5 Å². The summed E-state index contributed by atoms with van der Waals surface area (Å²) in [5.74, 6) is -0.146. The van der Waals surface area contributed by atoms with E-state index in [1.54, 1.807) is 60.7 Å². The van der Waals surface area contributed by atoms with Crippen molar-refractivity contribution in [3.63, 3.8) is 0 Å². The summed E-state index contributed by atoms with van der Waals surface area (Å²) in [6.45, 7) is 0.305. The molecule has 0 aliphatic rings. The highest BCUT2D eigenvalue weighted by Gasteiger charge is 2.23. The minimum absolute atomic E-state index is 0.305. The fraction of sp³-hybridized carbons (Fsp3) is 0.192. The lowest BCUT2D eigenvalue weighted by molar-refractivity contribution is -0.117. The van der Waals surface area contributed by atoms with E-state index >= 15 is 0 Å². The first-order valence-electron chi connectivity index (χ1n) is 11.6. The Morgan fingerprint density at radius 1 is 0.974 bits per heavy atom. The third-order valence-electron chi connectivity index (χ3n) is 5.75. The van der Waals surface area contributed by atoms with E-state index in [0.717, 1.165) is 5.56 Å². The van der Waals surface area contributed by atoms with E-state index in [-0.39, 0.29) is 6.16 Å². The molecule has 2 N–H and O–H groups in total. The van der Waals surface area contributed by atoms with Gasteiger partial charge in [-0.05, 0) is 48.2 Å². The summed E-state index contributed by atoms with van der Waals surface area (Å²) in [5, 5.41) is 4.93. The second kappa shape index (κ2) is 12.8. The normalized spacial score (nSPS) is 11.7. The maximum absolute atomic E-state index is 12.9. The second-order valence-corrected chi connectivity index (χ2v) is 12.2. The highest BCUT2D eigenvalue weighted by Crippen LogP contribution is 2.39. The van der Waals surface area contributed by atoms with Gasteiger partial charge < -0.3 is 19.2 Å². The van der Waals surface area contributed by atoms with Crippen LogP contribution in [0.4, 0.5) is 5.69 Å². The molecule has 0 saturated carbocycles. The van der Waals surface area contributed by atoms with Gasteiger partial charge in [0, 0.05) is 30.1 Å². The lowest BCUT2D eigenvalue weighted by atomic mass is 10.1. The molecule has 0 fully saturated rings. The van der Waals surface area contributed by atoms with Crippen molar-refractivity contribution in [3.05, 3.63) is 88.0 Å². The summed E-state index contributed by atoms with van der Waals surface area (Å²) >= 11 is 24.5. The number of alkyl halides is 2. The summed E-state index contributed by atoms with van der Waals surface area (Å²) in [4.78, 5) is 35.7. The molecule has 4 aromatic rings. The number of pyridine rings is 1. The molecule has 2 aromatic heterocycles. The standard InChI is InChI=1S/C26H22Cl4N3O5P/c27-19-4-1-5-20(28)24(19)22-14-23(38-32-22)21-13-18(10-11-31-21)33(26(34)25(29)30)12-2-3-16-6-8-17(9-7-16)15-39(35,36)37/h1,4-11,13-14,25H,2-3,12,15H2,(H2,35,36,37). The summed E-state index contributed by atoms with van der Waals surface area (Å²) in [7, 11) is -4.13. The fourth-order valence-electron chi connectivity index (χ4n) is 3.95. The van der Waals surface area contributed by atoms with E-state index in [4.69, 9.17) is 60.7 Å². The number of nitrogens with zero attached hydrogens (tertiary/aromatic N) is 3. The topological polar surface area (TPSA) is 117 Å². The molecule has 2 heterocycles. The Hall–Kier alpha value is -2.42. The number of carbonyl (C=O) groups excluding carboxylic acids is 1. The van der Waals surface area contributed by atoms with Crippen molar-refractivity contribution in [2.75, 3.05) is 11.4 Å². The molecule has 0 unspecified atom stereocenters. The first-order valence-corrected chi connectivity index (χ1v) is 15.0. The molecule has 0 saturated heterocycles. The van der Waals surface area contributed by atoms with Gasteiger partial charge in [-0.1, -0.05) is 81.9 Å². The maximum atomic E-state index is 12.9. The Labute approximate surface area is 244 Å². The van der Waals surface area contributed by atoms with Crippen LogP contribution < -0.4 is 4.90 Å².